The van der Waals surface area contributed by atoms with Crippen LogP contribution in [0.5, 0.6) is 0 Å². The summed E-state index contributed by atoms with van der Waals surface area (Å²) in [7, 11) is -3.09. The molecular formula is C19H24O5Si. The molecule has 2 aromatic carbocycles. The van der Waals surface area contributed by atoms with Gasteiger partial charge in [0.25, 0.3) is 0 Å². The molecule has 0 saturated heterocycles. The van der Waals surface area contributed by atoms with E-state index in [1.807, 2.05) is 57.2 Å². The monoisotopic (exact) mass is 360 g/mol. The zero-order valence-corrected chi connectivity index (χ0v) is 15.8. The Labute approximate surface area is 149 Å². The van der Waals surface area contributed by atoms with E-state index in [1.54, 1.807) is 12.1 Å². The van der Waals surface area contributed by atoms with Gasteiger partial charge < -0.3 is 18.4 Å². The molecule has 1 N–H and O–H groups in total. The van der Waals surface area contributed by atoms with Gasteiger partial charge in [0.05, 0.1) is 5.56 Å². The van der Waals surface area contributed by atoms with E-state index in [4.69, 9.17) is 13.3 Å². The third-order valence-corrected chi connectivity index (χ3v) is 6.72. The summed E-state index contributed by atoms with van der Waals surface area (Å²) in [4.78, 5) is 11.7. The normalized spacial score (nSPS) is 11.5. The molecule has 0 heterocycles. The zero-order chi connectivity index (χ0) is 18.3. The van der Waals surface area contributed by atoms with Crippen LogP contribution in [-0.4, -0.2) is 39.7 Å². The molecule has 0 aliphatic heterocycles. The second kappa shape index (κ2) is 8.91. The number of rotatable bonds is 9. The van der Waals surface area contributed by atoms with Crippen LogP contribution in [0.25, 0.3) is 11.1 Å². The Balaban J connectivity index is 2.63. The fourth-order valence-corrected chi connectivity index (χ4v) is 5.22. The molecular weight excluding hydrogens is 336 g/mol. The minimum atomic E-state index is -3.09. The van der Waals surface area contributed by atoms with Gasteiger partial charge in [0.2, 0.25) is 0 Å². The van der Waals surface area contributed by atoms with Gasteiger partial charge in [0.15, 0.2) is 0 Å². The largest absolute Gasteiger partial charge is 0.537 e. The summed E-state index contributed by atoms with van der Waals surface area (Å²) in [5, 5.41) is 10.3. The number of carboxylic acid groups (broad SMARTS) is 1. The maximum Gasteiger partial charge on any atom is 0.537 e. The smallest absolute Gasteiger partial charge is 0.478 e. The average Bonchev–Trinajstić information content (AvgIpc) is 2.62. The van der Waals surface area contributed by atoms with E-state index in [-0.39, 0.29) is 5.56 Å². The summed E-state index contributed by atoms with van der Waals surface area (Å²) in [6.45, 7) is 7.03. The summed E-state index contributed by atoms with van der Waals surface area (Å²) in [5.41, 5.74) is 1.69. The van der Waals surface area contributed by atoms with Crippen molar-refractivity contribution in [1.29, 1.82) is 0 Å². The Morgan fingerprint density at radius 3 is 1.96 bits per heavy atom. The van der Waals surface area contributed by atoms with Crippen LogP contribution in [-0.2, 0) is 13.3 Å². The highest BCUT2D eigenvalue weighted by atomic mass is 28.4. The number of benzene rings is 2. The summed E-state index contributed by atoms with van der Waals surface area (Å²) < 4.78 is 17.8. The molecule has 0 spiro atoms. The van der Waals surface area contributed by atoms with Crippen molar-refractivity contribution in [2.45, 2.75) is 20.8 Å². The minimum Gasteiger partial charge on any atom is -0.478 e. The lowest BCUT2D eigenvalue weighted by Gasteiger charge is -2.29. The number of hydrogen-bond acceptors (Lipinski definition) is 4. The summed E-state index contributed by atoms with van der Waals surface area (Å²) >= 11 is 0. The van der Waals surface area contributed by atoms with Crippen molar-refractivity contribution in [3.8, 4) is 11.1 Å². The molecule has 2 rings (SSSR count). The maximum absolute atomic E-state index is 11.7. The lowest BCUT2D eigenvalue weighted by atomic mass is 10.00. The molecule has 0 radical (unpaired) electrons. The van der Waals surface area contributed by atoms with Crippen molar-refractivity contribution >= 4 is 20.0 Å². The van der Waals surface area contributed by atoms with E-state index in [0.29, 0.717) is 25.4 Å². The van der Waals surface area contributed by atoms with Gasteiger partial charge in [-0.05, 0) is 44.0 Å². The first-order valence-electron chi connectivity index (χ1n) is 8.43. The summed E-state index contributed by atoms with van der Waals surface area (Å²) in [5.74, 6) is -0.970. The number of hydrogen-bond donors (Lipinski definition) is 1. The van der Waals surface area contributed by atoms with Gasteiger partial charge in [-0.3, -0.25) is 0 Å². The van der Waals surface area contributed by atoms with Crippen molar-refractivity contribution in [2.24, 2.45) is 0 Å². The number of aromatic carboxylic acids is 1. The standard InChI is InChI=1S/C19H24O5Si/c1-4-22-25(23-5-2,24-6-3)16-12-13-17(19(20)21)18(14-16)15-10-8-7-9-11-15/h7-14H,4-6H2,1-3H3,(H,20,21). The lowest BCUT2D eigenvalue weighted by Crippen LogP contribution is -2.57. The topological polar surface area (TPSA) is 65.0 Å². The van der Waals surface area contributed by atoms with E-state index in [1.165, 1.54) is 0 Å². The SMILES string of the molecule is CCO[Si](OCC)(OCC)c1ccc(C(=O)O)c(-c2ccccc2)c1. The van der Waals surface area contributed by atoms with Crippen LogP contribution in [0.3, 0.4) is 0 Å². The molecule has 0 saturated carbocycles. The van der Waals surface area contributed by atoms with E-state index < -0.39 is 14.8 Å². The number of carboxylic acids is 1. The van der Waals surface area contributed by atoms with Crippen LogP contribution in [0.1, 0.15) is 31.1 Å². The van der Waals surface area contributed by atoms with Crippen molar-refractivity contribution in [2.75, 3.05) is 19.8 Å². The zero-order valence-electron chi connectivity index (χ0n) is 14.8. The van der Waals surface area contributed by atoms with Crippen molar-refractivity contribution in [3.63, 3.8) is 0 Å². The first-order chi connectivity index (χ1) is 12.1. The molecule has 0 aromatic heterocycles. The van der Waals surface area contributed by atoms with Gasteiger partial charge in [-0.15, -0.1) is 0 Å². The van der Waals surface area contributed by atoms with E-state index in [9.17, 15) is 9.90 Å². The van der Waals surface area contributed by atoms with Gasteiger partial charge in [-0.25, -0.2) is 4.79 Å². The fourth-order valence-electron chi connectivity index (χ4n) is 2.72. The third-order valence-electron chi connectivity index (χ3n) is 3.69. The third kappa shape index (κ3) is 4.35. The molecule has 0 atom stereocenters. The Morgan fingerprint density at radius 2 is 1.48 bits per heavy atom. The summed E-state index contributed by atoms with van der Waals surface area (Å²) in [6, 6.07) is 14.6. The van der Waals surface area contributed by atoms with Gasteiger partial charge in [-0.1, -0.05) is 36.4 Å². The molecule has 2 aromatic rings. The molecule has 0 aliphatic rings. The second-order valence-electron chi connectivity index (χ2n) is 5.29. The molecule has 0 unspecified atom stereocenters. The van der Waals surface area contributed by atoms with Crippen LogP contribution in [0, 0.1) is 0 Å². The van der Waals surface area contributed by atoms with Crippen LogP contribution >= 0.6 is 0 Å². The van der Waals surface area contributed by atoms with Crippen LogP contribution < -0.4 is 5.19 Å². The Bertz CT molecular complexity index is 685. The van der Waals surface area contributed by atoms with Gasteiger partial charge in [0, 0.05) is 25.0 Å². The highest BCUT2D eigenvalue weighted by molar-refractivity contribution is 6.75. The summed E-state index contributed by atoms with van der Waals surface area (Å²) in [6.07, 6.45) is 0. The maximum atomic E-state index is 11.7. The van der Waals surface area contributed by atoms with Crippen molar-refractivity contribution in [3.05, 3.63) is 54.1 Å². The molecule has 0 bridgehead atoms. The minimum absolute atomic E-state index is 0.238. The predicted octanol–water partition coefficient (Wildman–Crippen LogP) is 3.31. The first kappa shape index (κ1) is 19.3. The van der Waals surface area contributed by atoms with Gasteiger partial charge in [-0.2, -0.15) is 0 Å². The molecule has 0 aliphatic carbocycles. The highest BCUT2D eigenvalue weighted by Crippen LogP contribution is 2.24. The molecule has 5 nitrogen and oxygen atoms in total. The average molecular weight is 360 g/mol. The molecule has 0 fully saturated rings. The van der Waals surface area contributed by atoms with Gasteiger partial charge in [0.1, 0.15) is 0 Å². The molecule has 6 heteroatoms. The van der Waals surface area contributed by atoms with Crippen LogP contribution in [0.2, 0.25) is 0 Å². The van der Waals surface area contributed by atoms with E-state index in [2.05, 4.69) is 0 Å². The second-order valence-corrected chi connectivity index (χ2v) is 7.84. The van der Waals surface area contributed by atoms with Crippen molar-refractivity contribution < 1.29 is 23.2 Å². The Morgan fingerprint density at radius 1 is 0.920 bits per heavy atom. The highest BCUT2D eigenvalue weighted by Gasteiger charge is 2.43. The van der Waals surface area contributed by atoms with Crippen LogP contribution in [0.15, 0.2) is 48.5 Å². The predicted molar refractivity (Wildman–Crippen MR) is 99.1 cm³/mol. The van der Waals surface area contributed by atoms with Gasteiger partial charge >= 0.3 is 14.8 Å². The van der Waals surface area contributed by atoms with E-state index >= 15 is 0 Å². The van der Waals surface area contributed by atoms with Crippen molar-refractivity contribution in [1.82, 2.24) is 0 Å². The number of carbonyl (C=O) groups is 1. The lowest BCUT2D eigenvalue weighted by molar-refractivity contribution is 0.0696. The fraction of sp³-hybridized carbons (Fsp3) is 0.316. The Kier molecular flexibility index (Phi) is 6.89. The Hall–Kier alpha value is -1.99. The molecule has 25 heavy (non-hydrogen) atoms. The first-order valence-corrected chi connectivity index (χ1v) is 10.2. The molecule has 0 amide bonds. The van der Waals surface area contributed by atoms with Crippen LogP contribution in [0.4, 0.5) is 0 Å². The molecule has 134 valence electrons. The van der Waals surface area contributed by atoms with E-state index in [0.717, 1.165) is 10.8 Å². The quantitative estimate of drug-likeness (QED) is 0.695.